The predicted octanol–water partition coefficient (Wildman–Crippen LogP) is 1.35. The van der Waals surface area contributed by atoms with Gasteiger partial charge in [-0.05, 0) is 13.8 Å². The second-order valence-electron chi connectivity index (χ2n) is 2.01. The van der Waals surface area contributed by atoms with Gasteiger partial charge in [0, 0.05) is 0 Å². The lowest BCUT2D eigenvalue weighted by molar-refractivity contribution is 0.160. The lowest BCUT2D eigenvalue weighted by Crippen LogP contribution is -1.84. The molecule has 0 unspecified atom stereocenters. The Morgan fingerprint density at radius 1 is 1.82 bits per heavy atom. The van der Waals surface area contributed by atoms with Crippen molar-refractivity contribution >= 4 is 6.21 Å². The SMILES string of the molecule is CCO/N=C/c1conc1C. The van der Waals surface area contributed by atoms with Crippen LogP contribution in [0.5, 0.6) is 0 Å². The summed E-state index contributed by atoms with van der Waals surface area (Å²) in [5.74, 6) is 0. The van der Waals surface area contributed by atoms with Crippen LogP contribution >= 0.6 is 0 Å². The predicted molar refractivity (Wildman–Crippen MR) is 40.5 cm³/mol. The highest BCUT2D eigenvalue weighted by Crippen LogP contribution is 2.00. The zero-order valence-electron chi connectivity index (χ0n) is 6.57. The Bertz CT molecular complexity index is 242. The Labute approximate surface area is 64.8 Å². The molecule has 0 aliphatic carbocycles. The van der Waals surface area contributed by atoms with Gasteiger partial charge in [0.15, 0.2) is 0 Å². The third-order valence-corrected chi connectivity index (χ3v) is 1.18. The largest absolute Gasteiger partial charge is 0.396 e. The van der Waals surface area contributed by atoms with Crippen molar-refractivity contribution in [3.8, 4) is 0 Å². The van der Waals surface area contributed by atoms with Crippen molar-refractivity contribution in [3.05, 3.63) is 17.5 Å². The van der Waals surface area contributed by atoms with Crippen molar-refractivity contribution in [2.75, 3.05) is 6.61 Å². The summed E-state index contributed by atoms with van der Waals surface area (Å²) in [6.45, 7) is 4.29. The number of aromatic nitrogens is 1. The molecule has 60 valence electrons. The molecule has 0 spiro atoms. The number of nitrogens with zero attached hydrogens (tertiary/aromatic N) is 2. The highest BCUT2D eigenvalue weighted by atomic mass is 16.6. The molecule has 4 heteroatoms. The molecule has 0 aliphatic heterocycles. The average molecular weight is 154 g/mol. The highest BCUT2D eigenvalue weighted by Gasteiger charge is 1.97. The quantitative estimate of drug-likeness (QED) is 0.487. The first-order chi connectivity index (χ1) is 5.34. The zero-order chi connectivity index (χ0) is 8.10. The van der Waals surface area contributed by atoms with Gasteiger partial charge in [-0.2, -0.15) is 0 Å². The average Bonchev–Trinajstić information content (AvgIpc) is 2.37. The minimum atomic E-state index is 0.570. The molecule has 0 saturated heterocycles. The zero-order valence-corrected chi connectivity index (χ0v) is 6.57. The molecule has 1 heterocycles. The first-order valence-corrected chi connectivity index (χ1v) is 3.41. The maximum absolute atomic E-state index is 4.76. The summed E-state index contributed by atoms with van der Waals surface area (Å²) in [5, 5.41) is 7.34. The molecule has 0 fully saturated rings. The van der Waals surface area contributed by atoms with Gasteiger partial charge in [0.25, 0.3) is 0 Å². The maximum atomic E-state index is 4.76. The molecule has 1 rings (SSSR count). The van der Waals surface area contributed by atoms with Crippen molar-refractivity contribution in [1.29, 1.82) is 0 Å². The van der Waals surface area contributed by atoms with Crippen molar-refractivity contribution in [3.63, 3.8) is 0 Å². The van der Waals surface area contributed by atoms with E-state index in [-0.39, 0.29) is 0 Å². The van der Waals surface area contributed by atoms with E-state index in [0.717, 1.165) is 11.3 Å². The molecule has 0 radical (unpaired) electrons. The molecule has 0 saturated carbocycles. The maximum Gasteiger partial charge on any atom is 0.132 e. The van der Waals surface area contributed by atoms with Crippen LogP contribution in [0.2, 0.25) is 0 Å². The van der Waals surface area contributed by atoms with Crippen LogP contribution in [0, 0.1) is 6.92 Å². The molecular weight excluding hydrogens is 144 g/mol. The number of hydrogen-bond acceptors (Lipinski definition) is 4. The fourth-order valence-corrected chi connectivity index (χ4v) is 0.593. The summed E-state index contributed by atoms with van der Waals surface area (Å²) in [7, 11) is 0. The number of hydrogen-bond donors (Lipinski definition) is 0. The molecule has 0 N–H and O–H groups in total. The van der Waals surface area contributed by atoms with E-state index >= 15 is 0 Å². The van der Waals surface area contributed by atoms with E-state index in [9.17, 15) is 0 Å². The van der Waals surface area contributed by atoms with Crippen LogP contribution in [0.1, 0.15) is 18.2 Å². The Hall–Kier alpha value is -1.32. The van der Waals surface area contributed by atoms with E-state index < -0.39 is 0 Å². The molecule has 0 bridgehead atoms. The van der Waals surface area contributed by atoms with Gasteiger partial charge < -0.3 is 9.36 Å². The Balaban J connectivity index is 2.56. The number of aryl methyl sites for hydroxylation is 1. The van der Waals surface area contributed by atoms with Gasteiger partial charge in [-0.1, -0.05) is 10.3 Å². The lowest BCUT2D eigenvalue weighted by atomic mass is 10.3. The number of rotatable bonds is 3. The second kappa shape index (κ2) is 3.75. The van der Waals surface area contributed by atoms with Crippen molar-refractivity contribution in [2.45, 2.75) is 13.8 Å². The van der Waals surface area contributed by atoms with Crippen molar-refractivity contribution < 1.29 is 9.36 Å². The summed E-state index contributed by atoms with van der Waals surface area (Å²) in [5.41, 5.74) is 1.66. The van der Waals surface area contributed by atoms with Gasteiger partial charge in [-0.15, -0.1) is 0 Å². The van der Waals surface area contributed by atoms with Crippen LogP contribution in [-0.2, 0) is 4.84 Å². The fraction of sp³-hybridized carbons (Fsp3) is 0.429. The van der Waals surface area contributed by atoms with E-state index in [0.29, 0.717) is 6.61 Å². The minimum absolute atomic E-state index is 0.570. The van der Waals surface area contributed by atoms with E-state index in [1.165, 1.54) is 6.26 Å². The molecule has 4 nitrogen and oxygen atoms in total. The fourth-order valence-electron chi connectivity index (χ4n) is 0.593. The van der Waals surface area contributed by atoms with Gasteiger partial charge >= 0.3 is 0 Å². The smallest absolute Gasteiger partial charge is 0.132 e. The Kier molecular flexibility index (Phi) is 2.66. The van der Waals surface area contributed by atoms with Gasteiger partial charge in [0.2, 0.25) is 0 Å². The van der Waals surface area contributed by atoms with Crippen LogP contribution in [-0.4, -0.2) is 18.0 Å². The molecule has 0 aromatic carbocycles. The highest BCUT2D eigenvalue weighted by molar-refractivity contribution is 5.79. The van der Waals surface area contributed by atoms with Crippen LogP contribution in [0.15, 0.2) is 15.9 Å². The van der Waals surface area contributed by atoms with Gasteiger partial charge in [-0.3, -0.25) is 0 Å². The molecule has 1 aromatic rings. The summed E-state index contributed by atoms with van der Waals surface area (Å²) in [6.07, 6.45) is 3.10. The van der Waals surface area contributed by atoms with E-state index in [4.69, 9.17) is 4.84 Å². The summed E-state index contributed by atoms with van der Waals surface area (Å²) >= 11 is 0. The molecule has 11 heavy (non-hydrogen) atoms. The molecular formula is C7H10N2O2. The van der Waals surface area contributed by atoms with Gasteiger partial charge in [-0.25, -0.2) is 0 Å². The molecule has 0 aliphatic rings. The van der Waals surface area contributed by atoms with Gasteiger partial charge in [0.1, 0.15) is 12.9 Å². The summed E-state index contributed by atoms with van der Waals surface area (Å²) in [4.78, 5) is 4.76. The Morgan fingerprint density at radius 2 is 2.64 bits per heavy atom. The number of oxime groups is 1. The summed E-state index contributed by atoms with van der Waals surface area (Å²) < 4.78 is 4.68. The van der Waals surface area contributed by atoms with Crippen LogP contribution in [0.3, 0.4) is 0 Å². The van der Waals surface area contributed by atoms with Gasteiger partial charge in [0.05, 0.1) is 17.5 Å². The van der Waals surface area contributed by atoms with Crippen molar-refractivity contribution in [1.82, 2.24) is 5.16 Å². The lowest BCUT2D eigenvalue weighted by Gasteiger charge is -1.88. The van der Waals surface area contributed by atoms with Crippen LogP contribution in [0.25, 0.3) is 0 Å². The third-order valence-electron chi connectivity index (χ3n) is 1.18. The third kappa shape index (κ3) is 2.07. The molecule has 1 aromatic heterocycles. The standard InChI is InChI=1S/C7H10N2O2/c1-3-10-8-4-7-5-11-9-6(7)2/h4-5H,3H2,1-2H3/b8-4+. The first-order valence-electron chi connectivity index (χ1n) is 3.41. The van der Waals surface area contributed by atoms with E-state index in [1.807, 2.05) is 13.8 Å². The van der Waals surface area contributed by atoms with Crippen LogP contribution < -0.4 is 0 Å². The second-order valence-corrected chi connectivity index (χ2v) is 2.01. The first kappa shape index (κ1) is 7.78. The van der Waals surface area contributed by atoms with Crippen molar-refractivity contribution in [2.24, 2.45) is 5.16 Å². The topological polar surface area (TPSA) is 47.6 Å². The Morgan fingerprint density at radius 3 is 3.18 bits per heavy atom. The monoisotopic (exact) mass is 154 g/mol. The minimum Gasteiger partial charge on any atom is -0.396 e. The molecule has 0 amide bonds. The normalized spacial score (nSPS) is 10.7. The molecule has 0 atom stereocenters. The summed E-state index contributed by atoms with van der Waals surface area (Å²) in [6, 6.07) is 0. The van der Waals surface area contributed by atoms with Crippen LogP contribution in [0.4, 0.5) is 0 Å². The van der Waals surface area contributed by atoms with E-state index in [2.05, 4.69) is 14.8 Å². The van der Waals surface area contributed by atoms with E-state index in [1.54, 1.807) is 6.21 Å².